The molecule has 0 bridgehead atoms. The molecule has 0 aliphatic carbocycles. The Hall–Kier alpha value is -1.43. The van der Waals surface area contributed by atoms with E-state index in [2.05, 4.69) is 48.0 Å². The van der Waals surface area contributed by atoms with Gasteiger partial charge in [-0.2, -0.15) is 5.10 Å². The molecule has 0 amide bonds. The summed E-state index contributed by atoms with van der Waals surface area (Å²) in [5.41, 5.74) is 2.89. The van der Waals surface area contributed by atoms with Crippen LogP contribution in [0.4, 0.5) is 0 Å². The molecule has 0 aliphatic heterocycles. The first kappa shape index (κ1) is 14.2. The van der Waals surface area contributed by atoms with Crippen LogP contribution >= 0.6 is 43.5 Å². The third-order valence-corrected chi connectivity index (χ3v) is 4.80. The zero-order chi connectivity index (χ0) is 15.3. The maximum absolute atomic E-state index is 5.98. The Balaban J connectivity index is 2.12. The summed E-state index contributed by atoms with van der Waals surface area (Å²) in [6.07, 6.45) is 3.67. The molecule has 0 saturated carbocycles. The summed E-state index contributed by atoms with van der Waals surface area (Å²) in [6.45, 7) is 0. The van der Waals surface area contributed by atoms with Crippen LogP contribution in [0.15, 0.2) is 57.7 Å². The van der Waals surface area contributed by atoms with Crippen molar-refractivity contribution >= 4 is 65.3 Å². The highest BCUT2D eigenvalue weighted by molar-refractivity contribution is 9.11. The minimum absolute atomic E-state index is 0.706. The number of rotatable bonds is 1. The zero-order valence-corrected chi connectivity index (χ0v) is 15.0. The lowest BCUT2D eigenvalue weighted by Crippen LogP contribution is -1.96. The monoisotopic (exact) mass is 435 g/mol. The van der Waals surface area contributed by atoms with Crippen LogP contribution in [0, 0.1) is 0 Å². The van der Waals surface area contributed by atoms with Crippen molar-refractivity contribution in [3.63, 3.8) is 0 Å². The van der Waals surface area contributed by atoms with Gasteiger partial charge in [-0.1, -0.05) is 27.5 Å². The van der Waals surface area contributed by atoms with Gasteiger partial charge in [0.25, 0.3) is 0 Å². The van der Waals surface area contributed by atoms with Crippen molar-refractivity contribution in [3.05, 3.63) is 62.8 Å². The number of nitrogens with zero attached hydrogens (tertiary/aromatic N) is 3. The second-order valence-electron chi connectivity index (χ2n) is 4.88. The molecule has 2 aromatic heterocycles. The van der Waals surface area contributed by atoms with Gasteiger partial charge in [0, 0.05) is 30.9 Å². The molecule has 2 aromatic carbocycles. The Morgan fingerprint density at radius 1 is 1.00 bits per heavy atom. The smallest absolute Gasteiger partial charge is 0.0866 e. The number of halogens is 3. The van der Waals surface area contributed by atoms with Crippen molar-refractivity contribution in [3.8, 4) is 5.69 Å². The van der Waals surface area contributed by atoms with Crippen LogP contribution in [0.3, 0.4) is 0 Å². The maximum Gasteiger partial charge on any atom is 0.0866 e. The van der Waals surface area contributed by atoms with E-state index >= 15 is 0 Å². The van der Waals surface area contributed by atoms with Crippen LogP contribution in [0.2, 0.25) is 5.02 Å². The molecule has 108 valence electrons. The van der Waals surface area contributed by atoms with E-state index in [-0.39, 0.29) is 0 Å². The maximum atomic E-state index is 5.98. The third-order valence-electron chi connectivity index (χ3n) is 3.48. The van der Waals surface area contributed by atoms with Gasteiger partial charge >= 0.3 is 0 Å². The predicted octanol–water partition coefficient (Wildman–Crippen LogP) is 5.75. The summed E-state index contributed by atoms with van der Waals surface area (Å²) in [7, 11) is 0. The van der Waals surface area contributed by atoms with E-state index in [0.29, 0.717) is 5.02 Å². The quantitative estimate of drug-likeness (QED) is 0.380. The van der Waals surface area contributed by atoms with Gasteiger partial charge in [0.2, 0.25) is 0 Å². The SMILES string of the molecule is Clc1ccc(-n2ncc3cnc4c(Br)cc(Br)cc4c32)cc1. The molecule has 0 fully saturated rings. The molecule has 0 radical (unpaired) electrons. The van der Waals surface area contributed by atoms with Crippen LogP contribution < -0.4 is 0 Å². The minimum Gasteiger partial charge on any atom is -0.254 e. The number of benzene rings is 2. The van der Waals surface area contributed by atoms with Crippen molar-refractivity contribution in [1.82, 2.24) is 14.8 Å². The van der Waals surface area contributed by atoms with Gasteiger partial charge in [-0.15, -0.1) is 0 Å². The molecule has 4 aromatic rings. The Kier molecular flexibility index (Phi) is 3.44. The van der Waals surface area contributed by atoms with Gasteiger partial charge < -0.3 is 0 Å². The zero-order valence-electron chi connectivity index (χ0n) is 11.1. The molecule has 2 heterocycles. The first-order valence-corrected chi connectivity index (χ1v) is 8.47. The predicted molar refractivity (Wildman–Crippen MR) is 96.8 cm³/mol. The number of aromatic nitrogens is 3. The Bertz CT molecular complexity index is 1010. The first-order chi connectivity index (χ1) is 10.6. The molecule has 3 nitrogen and oxygen atoms in total. The lowest BCUT2D eigenvalue weighted by Gasteiger charge is -2.08. The highest BCUT2D eigenvalue weighted by Gasteiger charge is 2.12. The fourth-order valence-electron chi connectivity index (χ4n) is 2.52. The standard InChI is InChI=1S/C16H8Br2ClN3/c17-10-5-13-15(14(18)6-10)20-7-9-8-21-22(16(9)13)12-3-1-11(19)2-4-12/h1-8H. The summed E-state index contributed by atoms with van der Waals surface area (Å²) >= 11 is 13.1. The van der Waals surface area contributed by atoms with Crippen LogP contribution in [0.1, 0.15) is 0 Å². The van der Waals surface area contributed by atoms with Crippen LogP contribution in [0.5, 0.6) is 0 Å². The largest absolute Gasteiger partial charge is 0.254 e. The highest BCUT2D eigenvalue weighted by atomic mass is 79.9. The van der Waals surface area contributed by atoms with Gasteiger partial charge in [-0.25, -0.2) is 4.68 Å². The van der Waals surface area contributed by atoms with Crippen molar-refractivity contribution in [2.45, 2.75) is 0 Å². The molecule has 0 N–H and O–H groups in total. The van der Waals surface area contributed by atoms with E-state index in [4.69, 9.17) is 11.6 Å². The second-order valence-corrected chi connectivity index (χ2v) is 7.09. The molecule has 0 unspecified atom stereocenters. The first-order valence-electron chi connectivity index (χ1n) is 6.51. The van der Waals surface area contributed by atoms with Gasteiger partial charge in [0.15, 0.2) is 0 Å². The summed E-state index contributed by atoms with van der Waals surface area (Å²) in [5.74, 6) is 0. The Labute approximate surface area is 148 Å². The molecule has 4 rings (SSSR count). The summed E-state index contributed by atoms with van der Waals surface area (Å²) < 4.78 is 3.85. The summed E-state index contributed by atoms with van der Waals surface area (Å²) in [5, 5.41) is 7.24. The molecule has 0 aliphatic rings. The molecular weight excluding hydrogens is 429 g/mol. The molecule has 0 saturated heterocycles. The van der Waals surface area contributed by atoms with E-state index in [1.807, 2.05) is 47.4 Å². The molecule has 0 atom stereocenters. The van der Waals surface area contributed by atoms with E-state index in [0.717, 1.165) is 36.4 Å². The van der Waals surface area contributed by atoms with E-state index in [1.54, 1.807) is 0 Å². The van der Waals surface area contributed by atoms with Gasteiger partial charge in [-0.3, -0.25) is 4.98 Å². The van der Waals surface area contributed by atoms with Crippen LogP contribution in [-0.4, -0.2) is 14.8 Å². The topological polar surface area (TPSA) is 30.7 Å². The van der Waals surface area contributed by atoms with Crippen LogP contribution in [0.25, 0.3) is 27.5 Å². The molecule has 6 heteroatoms. The third kappa shape index (κ3) is 2.24. The van der Waals surface area contributed by atoms with Crippen LogP contribution in [-0.2, 0) is 0 Å². The minimum atomic E-state index is 0.706. The molecular formula is C16H8Br2ClN3. The molecule has 0 spiro atoms. The fourth-order valence-corrected chi connectivity index (χ4v) is 3.97. The van der Waals surface area contributed by atoms with Crippen molar-refractivity contribution in [1.29, 1.82) is 0 Å². The van der Waals surface area contributed by atoms with Crippen molar-refractivity contribution < 1.29 is 0 Å². The normalized spacial score (nSPS) is 11.4. The Morgan fingerprint density at radius 3 is 2.55 bits per heavy atom. The highest BCUT2D eigenvalue weighted by Crippen LogP contribution is 2.32. The van der Waals surface area contributed by atoms with Crippen molar-refractivity contribution in [2.24, 2.45) is 0 Å². The van der Waals surface area contributed by atoms with E-state index < -0.39 is 0 Å². The lowest BCUT2D eigenvalue weighted by molar-refractivity contribution is 0.913. The average Bonchev–Trinajstić information content (AvgIpc) is 2.92. The van der Waals surface area contributed by atoms with E-state index in [9.17, 15) is 0 Å². The van der Waals surface area contributed by atoms with Gasteiger partial charge in [0.05, 0.1) is 22.9 Å². The fraction of sp³-hybridized carbons (Fsp3) is 0. The van der Waals surface area contributed by atoms with Gasteiger partial charge in [0.1, 0.15) is 0 Å². The summed E-state index contributed by atoms with van der Waals surface area (Å²) in [4.78, 5) is 4.53. The molecule has 22 heavy (non-hydrogen) atoms. The lowest BCUT2D eigenvalue weighted by atomic mass is 10.1. The number of fused-ring (bicyclic) bond motifs is 3. The summed E-state index contributed by atoms with van der Waals surface area (Å²) in [6, 6.07) is 11.7. The number of pyridine rings is 1. The van der Waals surface area contributed by atoms with E-state index in [1.165, 1.54) is 0 Å². The average molecular weight is 438 g/mol. The van der Waals surface area contributed by atoms with Crippen molar-refractivity contribution in [2.75, 3.05) is 0 Å². The number of hydrogen-bond donors (Lipinski definition) is 0. The van der Waals surface area contributed by atoms with Gasteiger partial charge in [-0.05, 0) is 52.3 Å². The Morgan fingerprint density at radius 2 is 1.77 bits per heavy atom. The number of hydrogen-bond acceptors (Lipinski definition) is 2. The second kappa shape index (κ2) is 5.33.